The van der Waals surface area contributed by atoms with Crippen LogP contribution in [0.3, 0.4) is 0 Å². The van der Waals surface area contributed by atoms with E-state index in [9.17, 15) is 0 Å². The normalized spacial score (nSPS) is 14.8. The van der Waals surface area contributed by atoms with Crippen molar-refractivity contribution >= 4 is 0 Å². The van der Waals surface area contributed by atoms with E-state index < -0.39 is 0 Å². The Morgan fingerprint density at radius 2 is 1.92 bits per heavy atom. The Labute approximate surface area is 77.5 Å². The largest absolute Gasteiger partial charge is 0.381 e. The number of ether oxygens (including phenoxy) is 1. The fourth-order valence-electron chi connectivity index (χ4n) is 1.49. The minimum Gasteiger partial charge on any atom is -0.381 e. The van der Waals surface area contributed by atoms with Crippen LogP contribution >= 0.6 is 0 Å². The molecule has 0 aliphatic rings. The molecule has 0 aliphatic carbocycles. The van der Waals surface area contributed by atoms with Gasteiger partial charge in [-0.1, -0.05) is 34.6 Å². The zero-order valence-electron chi connectivity index (χ0n) is 9.02. The van der Waals surface area contributed by atoms with Gasteiger partial charge in [-0.2, -0.15) is 0 Å². The smallest absolute Gasteiger partial charge is 0.0491 e. The SMILES string of the molecule is [CH2]CCOCC(C)CC(C)(C)C. The number of hydrogen-bond donors (Lipinski definition) is 0. The topological polar surface area (TPSA) is 9.23 Å². The van der Waals surface area contributed by atoms with Crippen molar-refractivity contribution < 1.29 is 4.74 Å². The predicted octanol–water partition coefficient (Wildman–Crippen LogP) is 3.30. The minimum atomic E-state index is 0.424. The fourth-order valence-corrected chi connectivity index (χ4v) is 1.49. The summed E-state index contributed by atoms with van der Waals surface area (Å²) in [5.74, 6) is 0.663. The predicted molar refractivity (Wildman–Crippen MR) is 54.0 cm³/mol. The summed E-state index contributed by atoms with van der Waals surface area (Å²) in [6.07, 6.45) is 2.10. The van der Waals surface area contributed by atoms with Crippen LogP contribution in [0.15, 0.2) is 0 Å². The lowest BCUT2D eigenvalue weighted by molar-refractivity contribution is 0.0924. The maximum atomic E-state index is 5.43. The van der Waals surface area contributed by atoms with E-state index >= 15 is 0 Å². The van der Waals surface area contributed by atoms with Gasteiger partial charge < -0.3 is 4.74 Å². The lowest BCUT2D eigenvalue weighted by Gasteiger charge is -2.22. The molecule has 73 valence electrons. The van der Waals surface area contributed by atoms with E-state index in [4.69, 9.17) is 4.74 Å². The molecule has 0 saturated heterocycles. The second-order valence-electron chi connectivity index (χ2n) is 4.80. The lowest BCUT2D eigenvalue weighted by Crippen LogP contribution is -2.15. The molecule has 1 heteroatoms. The van der Waals surface area contributed by atoms with Crippen LogP contribution in [0.4, 0.5) is 0 Å². The third kappa shape index (κ3) is 8.06. The van der Waals surface area contributed by atoms with E-state index in [1.807, 2.05) is 0 Å². The van der Waals surface area contributed by atoms with Crippen molar-refractivity contribution in [2.75, 3.05) is 13.2 Å². The standard InChI is InChI=1S/C11H23O/c1-6-7-12-9-10(2)8-11(3,4)5/h10H,1,6-9H2,2-5H3. The highest BCUT2D eigenvalue weighted by Crippen LogP contribution is 2.24. The van der Waals surface area contributed by atoms with Gasteiger partial charge in [0.1, 0.15) is 0 Å². The maximum Gasteiger partial charge on any atom is 0.0491 e. The summed E-state index contributed by atoms with van der Waals surface area (Å²) in [6, 6.07) is 0. The molecule has 1 nitrogen and oxygen atoms in total. The molecule has 0 bridgehead atoms. The van der Waals surface area contributed by atoms with Crippen molar-refractivity contribution in [1.82, 2.24) is 0 Å². The average Bonchev–Trinajstić information content (AvgIpc) is 1.84. The molecule has 0 aromatic heterocycles. The molecule has 0 N–H and O–H groups in total. The molecule has 0 heterocycles. The van der Waals surface area contributed by atoms with E-state index in [-0.39, 0.29) is 0 Å². The van der Waals surface area contributed by atoms with Gasteiger partial charge in [-0.25, -0.2) is 0 Å². The van der Waals surface area contributed by atoms with Gasteiger partial charge in [0.2, 0.25) is 0 Å². The molecule has 0 saturated carbocycles. The van der Waals surface area contributed by atoms with Crippen molar-refractivity contribution in [3.8, 4) is 0 Å². The van der Waals surface area contributed by atoms with Crippen LogP contribution in [0.1, 0.15) is 40.5 Å². The summed E-state index contributed by atoms with van der Waals surface area (Å²) in [7, 11) is 0. The van der Waals surface area contributed by atoms with E-state index in [0.29, 0.717) is 11.3 Å². The van der Waals surface area contributed by atoms with E-state index in [2.05, 4.69) is 34.6 Å². The zero-order chi connectivity index (χ0) is 9.61. The Kier molecular flexibility index (Phi) is 5.56. The van der Waals surface area contributed by atoms with Crippen molar-refractivity contribution in [2.45, 2.75) is 40.5 Å². The molecular formula is C11H23O. The first kappa shape index (κ1) is 12.0. The van der Waals surface area contributed by atoms with E-state index in [0.717, 1.165) is 19.6 Å². The fraction of sp³-hybridized carbons (Fsp3) is 0.909. The van der Waals surface area contributed by atoms with Crippen molar-refractivity contribution in [1.29, 1.82) is 0 Å². The van der Waals surface area contributed by atoms with Crippen molar-refractivity contribution in [3.63, 3.8) is 0 Å². The number of rotatable bonds is 5. The second-order valence-corrected chi connectivity index (χ2v) is 4.80. The van der Waals surface area contributed by atoms with Crippen molar-refractivity contribution in [3.05, 3.63) is 6.92 Å². The Morgan fingerprint density at radius 1 is 1.33 bits per heavy atom. The first-order valence-electron chi connectivity index (χ1n) is 4.82. The van der Waals surface area contributed by atoms with Gasteiger partial charge in [-0.15, -0.1) is 0 Å². The van der Waals surface area contributed by atoms with Crippen LogP contribution in [-0.4, -0.2) is 13.2 Å². The van der Waals surface area contributed by atoms with Crippen LogP contribution in [0.5, 0.6) is 0 Å². The maximum absolute atomic E-state index is 5.43. The van der Waals surface area contributed by atoms with Gasteiger partial charge in [-0.3, -0.25) is 0 Å². The molecule has 0 fully saturated rings. The van der Waals surface area contributed by atoms with Gasteiger partial charge >= 0.3 is 0 Å². The highest BCUT2D eigenvalue weighted by atomic mass is 16.5. The Bertz CT molecular complexity index is 102. The molecule has 0 spiro atoms. The molecule has 1 atom stereocenters. The van der Waals surface area contributed by atoms with Crippen LogP contribution in [0.2, 0.25) is 0 Å². The molecule has 0 amide bonds. The van der Waals surface area contributed by atoms with Gasteiger partial charge in [-0.05, 0) is 24.2 Å². The summed E-state index contributed by atoms with van der Waals surface area (Å²) in [4.78, 5) is 0. The molecule has 12 heavy (non-hydrogen) atoms. The van der Waals surface area contributed by atoms with Crippen molar-refractivity contribution in [2.24, 2.45) is 11.3 Å². The summed E-state index contributed by atoms with van der Waals surface area (Å²) < 4.78 is 5.43. The first-order valence-corrected chi connectivity index (χ1v) is 4.82. The van der Waals surface area contributed by atoms with Crippen LogP contribution in [-0.2, 0) is 4.74 Å². The monoisotopic (exact) mass is 171 g/mol. The molecule has 1 radical (unpaired) electrons. The summed E-state index contributed by atoms with van der Waals surface area (Å²) in [5, 5.41) is 0. The molecule has 0 aliphatic heterocycles. The van der Waals surface area contributed by atoms with Gasteiger partial charge in [0.05, 0.1) is 0 Å². The Hall–Kier alpha value is -0.0400. The Morgan fingerprint density at radius 3 is 2.33 bits per heavy atom. The molecule has 1 unspecified atom stereocenters. The van der Waals surface area contributed by atoms with E-state index in [1.165, 1.54) is 6.42 Å². The first-order chi connectivity index (χ1) is 5.45. The minimum absolute atomic E-state index is 0.424. The number of hydrogen-bond acceptors (Lipinski definition) is 1. The lowest BCUT2D eigenvalue weighted by atomic mass is 9.86. The third-order valence-corrected chi connectivity index (χ3v) is 1.65. The van der Waals surface area contributed by atoms with Crippen LogP contribution in [0, 0.1) is 18.3 Å². The van der Waals surface area contributed by atoms with Crippen LogP contribution < -0.4 is 0 Å². The average molecular weight is 171 g/mol. The summed E-state index contributed by atoms with van der Waals surface area (Å²) in [5.41, 5.74) is 0.424. The van der Waals surface area contributed by atoms with E-state index in [1.54, 1.807) is 0 Å². The third-order valence-electron chi connectivity index (χ3n) is 1.65. The van der Waals surface area contributed by atoms with Gasteiger partial charge in [0, 0.05) is 13.2 Å². The quantitative estimate of drug-likeness (QED) is 0.577. The summed E-state index contributed by atoms with van der Waals surface area (Å²) in [6.45, 7) is 14.5. The van der Waals surface area contributed by atoms with Crippen LogP contribution in [0.25, 0.3) is 0 Å². The summed E-state index contributed by atoms with van der Waals surface area (Å²) >= 11 is 0. The van der Waals surface area contributed by atoms with Gasteiger partial charge in [0.25, 0.3) is 0 Å². The second kappa shape index (κ2) is 5.58. The molecule has 0 rings (SSSR count). The van der Waals surface area contributed by atoms with Gasteiger partial charge in [0.15, 0.2) is 0 Å². The molecule has 0 aromatic rings. The highest BCUT2D eigenvalue weighted by Gasteiger charge is 2.14. The molecule has 0 aromatic carbocycles. The zero-order valence-corrected chi connectivity index (χ0v) is 9.02. The molecular weight excluding hydrogens is 148 g/mol. The Balaban J connectivity index is 3.40. The highest BCUT2D eigenvalue weighted by molar-refractivity contribution is 4.65.